The van der Waals surface area contributed by atoms with Crippen LogP contribution in [-0.2, 0) is 0 Å². The van der Waals surface area contributed by atoms with Crippen molar-refractivity contribution in [2.75, 3.05) is 0 Å². The molecule has 0 heterocycles. The minimum Gasteiger partial charge on any atom is -0.0624 e. The van der Waals surface area contributed by atoms with Crippen LogP contribution in [0.3, 0.4) is 0 Å². The van der Waals surface area contributed by atoms with Crippen LogP contribution in [0.25, 0.3) is 0 Å². The van der Waals surface area contributed by atoms with E-state index in [2.05, 4.69) is 113 Å². The summed E-state index contributed by atoms with van der Waals surface area (Å²) >= 11 is 0. The molecule has 0 saturated carbocycles. The third kappa shape index (κ3) is 2.98. The molecule has 0 amide bonds. The minimum absolute atomic E-state index is 0.150. The first-order chi connectivity index (χ1) is 11.9. The highest BCUT2D eigenvalue weighted by Gasteiger charge is 2.49. The average molecular weight is 345 g/mol. The molecule has 3 aromatic rings. The number of aryl methyl sites for hydroxylation is 2. The molecule has 25 heavy (non-hydrogen) atoms. The summed E-state index contributed by atoms with van der Waals surface area (Å²) in [7, 11) is -2.18. The lowest BCUT2D eigenvalue weighted by atomic mass is 10.1. The van der Waals surface area contributed by atoms with Gasteiger partial charge in [-0.1, -0.05) is 99.6 Å². The fourth-order valence-corrected chi connectivity index (χ4v) is 9.90. The van der Waals surface area contributed by atoms with E-state index in [4.69, 9.17) is 0 Å². The zero-order valence-corrected chi connectivity index (χ0v) is 17.0. The summed E-state index contributed by atoms with van der Waals surface area (Å²) < 4.78 is 0. The van der Waals surface area contributed by atoms with Gasteiger partial charge in [0.15, 0.2) is 8.07 Å². The molecule has 3 rings (SSSR count). The van der Waals surface area contributed by atoms with E-state index in [9.17, 15) is 0 Å². The van der Waals surface area contributed by atoms with Crippen LogP contribution >= 0.6 is 0 Å². The zero-order valence-electron chi connectivity index (χ0n) is 16.0. The second-order valence-electron chi connectivity index (χ2n) is 8.03. The Bertz CT molecular complexity index is 803. The molecule has 0 aliphatic rings. The van der Waals surface area contributed by atoms with Gasteiger partial charge in [0.2, 0.25) is 0 Å². The average Bonchev–Trinajstić information content (AvgIpc) is 2.59. The normalized spacial score (nSPS) is 12.2. The molecule has 1 heteroatoms. The molecule has 128 valence electrons. The van der Waals surface area contributed by atoms with Gasteiger partial charge in [-0.15, -0.1) is 0 Å². The van der Waals surface area contributed by atoms with Crippen LogP contribution in [-0.4, -0.2) is 8.07 Å². The van der Waals surface area contributed by atoms with Gasteiger partial charge < -0.3 is 0 Å². The van der Waals surface area contributed by atoms with Crippen LogP contribution in [0.1, 0.15) is 31.9 Å². The highest BCUT2D eigenvalue weighted by atomic mass is 28.3. The predicted molar refractivity (Wildman–Crippen MR) is 113 cm³/mol. The SMILES string of the molecule is Cc1ccc([Si](c2ccccc2)(c2ccccc2)C(C)(C)C)cc1C. The molecule has 0 N–H and O–H groups in total. The van der Waals surface area contributed by atoms with Gasteiger partial charge >= 0.3 is 0 Å². The van der Waals surface area contributed by atoms with Crippen molar-refractivity contribution in [1.29, 1.82) is 0 Å². The molecule has 0 saturated heterocycles. The summed E-state index contributed by atoms with van der Waals surface area (Å²) in [4.78, 5) is 0. The Balaban J connectivity index is 2.43. The number of benzene rings is 3. The first-order valence-corrected chi connectivity index (χ1v) is 11.1. The fraction of sp³-hybridized carbons (Fsp3) is 0.250. The van der Waals surface area contributed by atoms with E-state index in [-0.39, 0.29) is 5.04 Å². The van der Waals surface area contributed by atoms with E-state index >= 15 is 0 Å². The molecule has 0 fully saturated rings. The predicted octanol–water partition coefficient (Wildman–Crippen LogP) is 4.57. The van der Waals surface area contributed by atoms with Crippen LogP contribution in [0.4, 0.5) is 0 Å². The Morgan fingerprint density at radius 3 is 1.44 bits per heavy atom. The highest BCUT2D eigenvalue weighted by molar-refractivity contribution is 7.13. The molecule has 0 aliphatic carbocycles. The van der Waals surface area contributed by atoms with Crippen molar-refractivity contribution >= 4 is 23.6 Å². The molecular weight excluding hydrogens is 316 g/mol. The van der Waals surface area contributed by atoms with E-state index in [0.29, 0.717) is 0 Å². The summed E-state index contributed by atoms with van der Waals surface area (Å²) in [5, 5.41) is 4.62. The third-order valence-electron chi connectivity index (χ3n) is 5.48. The van der Waals surface area contributed by atoms with Crippen molar-refractivity contribution in [3.05, 3.63) is 90.0 Å². The summed E-state index contributed by atoms with van der Waals surface area (Å²) in [5.41, 5.74) is 2.74. The maximum Gasteiger partial charge on any atom is 0.153 e. The Morgan fingerprint density at radius 1 is 0.560 bits per heavy atom. The standard InChI is InChI=1S/C24H28Si/c1-19-16-17-23(18-20(19)2)25(24(3,4)5,21-12-8-6-9-13-21)22-14-10-7-11-15-22/h6-18H,1-5H3. The summed E-state index contributed by atoms with van der Waals surface area (Å²) in [6.45, 7) is 11.7. The van der Waals surface area contributed by atoms with Crippen molar-refractivity contribution in [1.82, 2.24) is 0 Å². The quantitative estimate of drug-likeness (QED) is 0.482. The molecule has 0 radical (unpaired) electrons. The first-order valence-electron chi connectivity index (χ1n) is 9.06. The highest BCUT2D eigenvalue weighted by Crippen LogP contribution is 2.35. The molecule has 0 aliphatic heterocycles. The molecule has 0 aromatic heterocycles. The van der Waals surface area contributed by atoms with Crippen molar-refractivity contribution in [3.63, 3.8) is 0 Å². The molecule has 0 atom stereocenters. The summed E-state index contributed by atoms with van der Waals surface area (Å²) in [6, 6.07) is 29.4. The van der Waals surface area contributed by atoms with Gasteiger partial charge in [0.05, 0.1) is 0 Å². The van der Waals surface area contributed by atoms with Gasteiger partial charge in [-0.05, 0) is 45.6 Å². The number of hydrogen-bond acceptors (Lipinski definition) is 0. The van der Waals surface area contributed by atoms with Gasteiger partial charge in [0.25, 0.3) is 0 Å². The van der Waals surface area contributed by atoms with E-state index in [1.54, 1.807) is 0 Å². The van der Waals surface area contributed by atoms with Crippen molar-refractivity contribution < 1.29 is 0 Å². The van der Waals surface area contributed by atoms with Crippen LogP contribution in [0, 0.1) is 13.8 Å². The lowest BCUT2D eigenvalue weighted by molar-refractivity contribution is 0.739. The molecule has 0 unspecified atom stereocenters. The fourth-order valence-electron chi connectivity index (χ4n) is 4.15. The van der Waals surface area contributed by atoms with E-state index in [1.165, 1.54) is 26.7 Å². The van der Waals surface area contributed by atoms with E-state index in [0.717, 1.165) is 0 Å². The van der Waals surface area contributed by atoms with Crippen LogP contribution in [0.15, 0.2) is 78.9 Å². The van der Waals surface area contributed by atoms with E-state index < -0.39 is 8.07 Å². The zero-order chi connectivity index (χ0) is 18.1. The monoisotopic (exact) mass is 344 g/mol. The summed E-state index contributed by atoms with van der Waals surface area (Å²) in [5.74, 6) is 0. The lowest BCUT2D eigenvalue weighted by Crippen LogP contribution is -2.72. The molecule has 0 nitrogen and oxygen atoms in total. The maximum atomic E-state index is 2.44. The minimum atomic E-state index is -2.18. The third-order valence-corrected chi connectivity index (χ3v) is 11.3. The smallest absolute Gasteiger partial charge is 0.0624 e. The van der Waals surface area contributed by atoms with Crippen LogP contribution in [0.2, 0.25) is 5.04 Å². The van der Waals surface area contributed by atoms with Crippen molar-refractivity contribution in [2.24, 2.45) is 0 Å². The van der Waals surface area contributed by atoms with E-state index in [1.807, 2.05) is 0 Å². The second-order valence-corrected chi connectivity index (χ2v) is 12.8. The van der Waals surface area contributed by atoms with Crippen molar-refractivity contribution in [3.8, 4) is 0 Å². The van der Waals surface area contributed by atoms with Crippen molar-refractivity contribution in [2.45, 2.75) is 39.7 Å². The number of hydrogen-bond donors (Lipinski definition) is 0. The van der Waals surface area contributed by atoms with Gasteiger partial charge in [0.1, 0.15) is 0 Å². The Kier molecular flexibility index (Phi) is 4.70. The second kappa shape index (κ2) is 6.65. The summed E-state index contributed by atoms with van der Waals surface area (Å²) in [6.07, 6.45) is 0. The molecule has 0 bridgehead atoms. The van der Waals surface area contributed by atoms with Gasteiger partial charge in [-0.25, -0.2) is 0 Å². The Hall–Kier alpha value is -2.12. The largest absolute Gasteiger partial charge is 0.153 e. The Morgan fingerprint density at radius 2 is 1.04 bits per heavy atom. The van der Waals surface area contributed by atoms with Gasteiger partial charge in [-0.3, -0.25) is 0 Å². The maximum absolute atomic E-state index is 2.44. The van der Waals surface area contributed by atoms with Gasteiger partial charge in [0, 0.05) is 0 Å². The molecular formula is C24H28Si. The van der Waals surface area contributed by atoms with Crippen LogP contribution in [0.5, 0.6) is 0 Å². The lowest BCUT2D eigenvalue weighted by Gasteiger charge is -2.44. The van der Waals surface area contributed by atoms with Gasteiger partial charge in [-0.2, -0.15) is 0 Å². The molecule has 3 aromatic carbocycles. The molecule has 0 spiro atoms. The van der Waals surface area contributed by atoms with Crippen LogP contribution < -0.4 is 15.6 Å². The first kappa shape index (κ1) is 17.7. The Labute approximate surface area is 153 Å². The number of rotatable bonds is 3. The topological polar surface area (TPSA) is 0 Å².